The van der Waals surface area contributed by atoms with Crippen molar-refractivity contribution in [1.29, 1.82) is 0 Å². The number of allylic oxidation sites excluding steroid dienone is 2. The van der Waals surface area contributed by atoms with Gasteiger partial charge in [-0.05, 0) is 65.7 Å². The first-order valence-electron chi connectivity index (χ1n) is 7.85. The molecule has 1 aliphatic carbocycles. The molecule has 0 heterocycles. The summed E-state index contributed by atoms with van der Waals surface area (Å²) in [7, 11) is 0. The van der Waals surface area contributed by atoms with E-state index in [4.69, 9.17) is 4.74 Å². The molecule has 0 aliphatic heterocycles. The van der Waals surface area contributed by atoms with Gasteiger partial charge in [0.05, 0.1) is 12.0 Å². The molecule has 0 bridgehead atoms. The lowest BCUT2D eigenvalue weighted by molar-refractivity contribution is -0.153. The summed E-state index contributed by atoms with van der Waals surface area (Å²) in [5, 5.41) is 0. The van der Waals surface area contributed by atoms with E-state index in [1.165, 1.54) is 38.5 Å². The Labute approximate surface area is 118 Å². The molecule has 0 aromatic rings. The van der Waals surface area contributed by atoms with Gasteiger partial charge in [0.1, 0.15) is 0 Å². The summed E-state index contributed by atoms with van der Waals surface area (Å²) in [5.74, 6) is -0.0883. The SMILES string of the molecule is CC(C)(C)C(=O)OCCCCC=C1CCCCCC1. The van der Waals surface area contributed by atoms with Gasteiger partial charge in [0.15, 0.2) is 0 Å². The zero-order chi connectivity index (χ0) is 14.1. The topological polar surface area (TPSA) is 26.3 Å². The largest absolute Gasteiger partial charge is 0.465 e. The first-order valence-corrected chi connectivity index (χ1v) is 7.85. The monoisotopic (exact) mass is 266 g/mol. The standard InChI is InChI=1S/C17H30O2/c1-17(2,3)16(18)19-14-10-6-9-13-15-11-7-4-5-8-12-15/h13H,4-12,14H2,1-3H3. The van der Waals surface area contributed by atoms with E-state index in [1.54, 1.807) is 5.57 Å². The lowest BCUT2D eigenvalue weighted by Gasteiger charge is -2.16. The predicted molar refractivity (Wildman–Crippen MR) is 80.1 cm³/mol. The predicted octanol–water partition coefficient (Wildman–Crippen LogP) is 5.03. The van der Waals surface area contributed by atoms with E-state index in [9.17, 15) is 4.79 Å². The minimum atomic E-state index is -0.373. The van der Waals surface area contributed by atoms with Crippen LogP contribution >= 0.6 is 0 Å². The molecular weight excluding hydrogens is 236 g/mol. The number of hydrogen-bond acceptors (Lipinski definition) is 2. The van der Waals surface area contributed by atoms with Crippen molar-refractivity contribution in [2.45, 2.75) is 78.6 Å². The Bertz CT molecular complexity index is 287. The third-order valence-corrected chi connectivity index (χ3v) is 3.62. The highest BCUT2D eigenvalue weighted by atomic mass is 16.5. The molecule has 1 saturated carbocycles. The fourth-order valence-electron chi connectivity index (χ4n) is 2.32. The van der Waals surface area contributed by atoms with Crippen LogP contribution in [0.5, 0.6) is 0 Å². The van der Waals surface area contributed by atoms with Crippen molar-refractivity contribution in [3.8, 4) is 0 Å². The molecule has 2 heteroatoms. The molecule has 0 N–H and O–H groups in total. The second kappa shape index (κ2) is 8.39. The van der Waals surface area contributed by atoms with E-state index in [2.05, 4.69) is 6.08 Å². The number of unbranched alkanes of at least 4 members (excludes halogenated alkanes) is 2. The summed E-state index contributed by atoms with van der Waals surface area (Å²) in [4.78, 5) is 11.5. The zero-order valence-electron chi connectivity index (χ0n) is 13.0. The lowest BCUT2D eigenvalue weighted by atomic mass is 9.97. The van der Waals surface area contributed by atoms with Crippen LogP contribution in [0.2, 0.25) is 0 Å². The molecule has 0 saturated heterocycles. The van der Waals surface area contributed by atoms with Crippen molar-refractivity contribution in [2.75, 3.05) is 6.61 Å². The number of rotatable bonds is 5. The summed E-state index contributed by atoms with van der Waals surface area (Å²) < 4.78 is 5.26. The third-order valence-electron chi connectivity index (χ3n) is 3.62. The Kier molecular flexibility index (Phi) is 7.19. The Morgan fingerprint density at radius 2 is 1.74 bits per heavy atom. The molecule has 1 rings (SSSR count). The first kappa shape index (κ1) is 16.3. The van der Waals surface area contributed by atoms with Gasteiger partial charge >= 0.3 is 5.97 Å². The molecular formula is C17H30O2. The van der Waals surface area contributed by atoms with E-state index in [0.717, 1.165) is 19.3 Å². The normalized spacial score (nSPS) is 16.9. The molecule has 0 aromatic heterocycles. The van der Waals surface area contributed by atoms with Crippen LogP contribution in [0.15, 0.2) is 11.6 Å². The van der Waals surface area contributed by atoms with Crippen LogP contribution in [0.1, 0.15) is 78.6 Å². The Morgan fingerprint density at radius 3 is 2.32 bits per heavy atom. The number of hydrogen-bond donors (Lipinski definition) is 0. The molecule has 0 amide bonds. The third kappa shape index (κ3) is 7.39. The number of carbonyl (C=O) groups excluding carboxylic acids is 1. The van der Waals surface area contributed by atoms with Gasteiger partial charge in [-0.1, -0.05) is 24.5 Å². The minimum absolute atomic E-state index is 0.0883. The van der Waals surface area contributed by atoms with Crippen molar-refractivity contribution in [1.82, 2.24) is 0 Å². The number of esters is 1. The second-order valence-electron chi connectivity index (χ2n) is 6.66. The van der Waals surface area contributed by atoms with Gasteiger partial charge in [0.25, 0.3) is 0 Å². The fraction of sp³-hybridized carbons (Fsp3) is 0.824. The highest BCUT2D eigenvalue weighted by Gasteiger charge is 2.22. The number of ether oxygens (including phenoxy) is 1. The van der Waals surface area contributed by atoms with E-state index >= 15 is 0 Å². The van der Waals surface area contributed by atoms with Crippen LogP contribution in [-0.4, -0.2) is 12.6 Å². The van der Waals surface area contributed by atoms with Crippen LogP contribution < -0.4 is 0 Å². The average Bonchev–Trinajstić information content (AvgIpc) is 2.60. The number of carbonyl (C=O) groups is 1. The first-order chi connectivity index (χ1) is 9.00. The minimum Gasteiger partial charge on any atom is -0.465 e. The van der Waals surface area contributed by atoms with Crippen LogP contribution in [0, 0.1) is 5.41 Å². The van der Waals surface area contributed by atoms with Gasteiger partial charge in [-0.2, -0.15) is 0 Å². The molecule has 0 radical (unpaired) electrons. The van der Waals surface area contributed by atoms with E-state index in [0.29, 0.717) is 6.61 Å². The second-order valence-corrected chi connectivity index (χ2v) is 6.66. The smallest absolute Gasteiger partial charge is 0.311 e. The summed E-state index contributed by atoms with van der Waals surface area (Å²) >= 11 is 0. The van der Waals surface area contributed by atoms with Gasteiger partial charge in [-0.3, -0.25) is 4.79 Å². The van der Waals surface area contributed by atoms with Gasteiger partial charge in [0.2, 0.25) is 0 Å². The molecule has 1 fully saturated rings. The van der Waals surface area contributed by atoms with Crippen molar-refractivity contribution in [3.63, 3.8) is 0 Å². The van der Waals surface area contributed by atoms with E-state index in [-0.39, 0.29) is 11.4 Å². The molecule has 1 aliphatic rings. The molecule has 2 nitrogen and oxygen atoms in total. The van der Waals surface area contributed by atoms with Crippen LogP contribution in [0.4, 0.5) is 0 Å². The quantitative estimate of drug-likeness (QED) is 0.302. The summed E-state index contributed by atoms with van der Waals surface area (Å²) in [6.45, 7) is 6.25. The Morgan fingerprint density at radius 1 is 1.11 bits per heavy atom. The molecule has 0 spiro atoms. The van der Waals surface area contributed by atoms with Gasteiger partial charge in [-0.25, -0.2) is 0 Å². The van der Waals surface area contributed by atoms with Crippen molar-refractivity contribution < 1.29 is 9.53 Å². The average molecular weight is 266 g/mol. The maximum absolute atomic E-state index is 11.5. The zero-order valence-corrected chi connectivity index (χ0v) is 13.0. The van der Waals surface area contributed by atoms with Crippen LogP contribution in [0.25, 0.3) is 0 Å². The summed E-state index contributed by atoms with van der Waals surface area (Å²) in [5.41, 5.74) is 1.28. The van der Waals surface area contributed by atoms with Gasteiger partial charge in [-0.15, -0.1) is 0 Å². The van der Waals surface area contributed by atoms with Crippen LogP contribution in [-0.2, 0) is 9.53 Å². The molecule has 0 aromatic carbocycles. The highest BCUT2D eigenvalue weighted by Crippen LogP contribution is 2.22. The fourth-order valence-corrected chi connectivity index (χ4v) is 2.32. The maximum atomic E-state index is 11.5. The van der Waals surface area contributed by atoms with Crippen molar-refractivity contribution in [3.05, 3.63) is 11.6 Å². The summed E-state index contributed by atoms with van der Waals surface area (Å²) in [6, 6.07) is 0. The Balaban J connectivity index is 2.07. The Hall–Kier alpha value is -0.790. The molecule has 0 unspecified atom stereocenters. The highest BCUT2D eigenvalue weighted by molar-refractivity contribution is 5.75. The lowest BCUT2D eigenvalue weighted by Crippen LogP contribution is -2.23. The maximum Gasteiger partial charge on any atom is 0.311 e. The van der Waals surface area contributed by atoms with Crippen molar-refractivity contribution >= 4 is 5.97 Å². The molecule has 110 valence electrons. The van der Waals surface area contributed by atoms with Crippen LogP contribution in [0.3, 0.4) is 0 Å². The van der Waals surface area contributed by atoms with E-state index in [1.807, 2.05) is 20.8 Å². The van der Waals surface area contributed by atoms with Gasteiger partial charge < -0.3 is 4.74 Å². The molecule has 19 heavy (non-hydrogen) atoms. The molecule has 0 atom stereocenters. The van der Waals surface area contributed by atoms with Gasteiger partial charge in [0, 0.05) is 0 Å². The van der Waals surface area contributed by atoms with E-state index < -0.39 is 0 Å². The van der Waals surface area contributed by atoms with Crippen molar-refractivity contribution in [2.24, 2.45) is 5.41 Å². The summed E-state index contributed by atoms with van der Waals surface area (Å²) in [6.07, 6.45) is 13.8.